The lowest BCUT2D eigenvalue weighted by atomic mass is 10.1. The number of nitrogens with two attached hydrogens (primary N) is 1. The van der Waals surface area contributed by atoms with E-state index >= 15 is 0 Å². The number of anilines is 1. The van der Waals surface area contributed by atoms with Gasteiger partial charge < -0.3 is 10.6 Å². The molecule has 112 valence electrons. The summed E-state index contributed by atoms with van der Waals surface area (Å²) in [7, 11) is 0. The van der Waals surface area contributed by atoms with Crippen molar-refractivity contribution in [2.24, 2.45) is 5.73 Å². The second-order valence-corrected chi connectivity index (χ2v) is 6.05. The molecule has 2 N–H and O–H groups in total. The topological polar surface area (TPSA) is 59.5 Å². The van der Waals surface area contributed by atoms with Crippen LogP contribution in [0.3, 0.4) is 0 Å². The molecule has 3 aromatic rings. The van der Waals surface area contributed by atoms with Gasteiger partial charge in [-0.25, -0.2) is 9.50 Å². The minimum absolute atomic E-state index is 0.220. The van der Waals surface area contributed by atoms with Gasteiger partial charge in [-0.3, -0.25) is 0 Å². The van der Waals surface area contributed by atoms with Crippen LogP contribution in [0.4, 0.5) is 5.82 Å². The van der Waals surface area contributed by atoms with Crippen LogP contribution in [0.15, 0.2) is 42.7 Å². The normalized spacial score (nSPS) is 18.3. The summed E-state index contributed by atoms with van der Waals surface area (Å²) in [5, 5.41) is 5.34. The van der Waals surface area contributed by atoms with Crippen molar-refractivity contribution in [3.8, 4) is 11.3 Å². The summed E-state index contributed by atoms with van der Waals surface area (Å²) >= 11 is 6.08. The lowest BCUT2D eigenvalue weighted by Crippen LogP contribution is -2.27. The first kappa shape index (κ1) is 13.5. The molecule has 22 heavy (non-hydrogen) atoms. The summed E-state index contributed by atoms with van der Waals surface area (Å²) in [4.78, 5) is 6.76. The monoisotopic (exact) mass is 313 g/mol. The zero-order valence-electron chi connectivity index (χ0n) is 12.0. The lowest BCUT2D eigenvalue weighted by molar-refractivity contribution is 0.751. The van der Waals surface area contributed by atoms with Gasteiger partial charge in [-0.05, 0) is 24.6 Å². The van der Waals surface area contributed by atoms with E-state index < -0.39 is 0 Å². The zero-order valence-corrected chi connectivity index (χ0v) is 12.7. The summed E-state index contributed by atoms with van der Waals surface area (Å²) in [5.41, 5.74) is 8.89. The zero-order chi connectivity index (χ0) is 15.1. The van der Waals surface area contributed by atoms with Crippen molar-refractivity contribution in [2.45, 2.75) is 12.5 Å². The largest absolute Gasteiger partial charge is 0.353 e. The molecular weight excluding hydrogens is 298 g/mol. The molecule has 0 bridgehead atoms. The van der Waals surface area contributed by atoms with Crippen LogP contribution in [0.2, 0.25) is 5.02 Å². The van der Waals surface area contributed by atoms with Gasteiger partial charge in [0.1, 0.15) is 5.52 Å². The molecule has 1 aliphatic rings. The number of halogens is 1. The van der Waals surface area contributed by atoms with Crippen LogP contribution >= 0.6 is 11.6 Å². The second kappa shape index (κ2) is 5.26. The number of fused-ring (bicyclic) bond motifs is 1. The summed E-state index contributed by atoms with van der Waals surface area (Å²) in [6.07, 6.45) is 4.64. The maximum atomic E-state index is 6.08. The smallest absolute Gasteiger partial charge is 0.154 e. The molecule has 3 heterocycles. The molecule has 0 amide bonds. The quantitative estimate of drug-likeness (QED) is 0.790. The fourth-order valence-corrected chi connectivity index (χ4v) is 3.11. The first-order chi connectivity index (χ1) is 10.7. The van der Waals surface area contributed by atoms with Crippen molar-refractivity contribution >= 4 is 22.9 Å². The van der Waals surface area contributed by atoms with Crippen LogP contribution in [0.5, 0.6) is 0 Å². The van der Waals surface area contributed by atoms with Crippen LogP contribution in [0.1, 0.15) is 6.42 Å². The first-order valence-electron chi connectivity index (χ1n) is 7.31. The van der Waals surface area contributed by atoms with E-state index in [4.69, 9.17) is 17.3 Å². The van der Waals surface area contributed by atoms with Gasteiger partial charge in [0.15, 0.2) is 5.82 Å². The minimum Gasteiger partial charge on any atom is -0.353 e. The van der Waals surface area contributed by atoms with E-state index in [1.54, 1.807) is 6.20 Å². The van der Waals surface area contributed by atoms with E-state index in [9.17, 15) is 0 Å². The first-order valence-corrected chi connectivity index (χ1v) is 7.69. The third-order valence-corrected chi connectivity index (χ3v) is 4.25. The molecule has 1 aliphatic heterocycles. The van der Waals surface area contributed by atoms with E-state index in [-0.39, 0.29) is 6.04 Å². The van der Waals surface area contributed by atoms with Crippen molar-refractivity contribution in [3.05, 3.63) is 47.7 Å². The maximum absolute atomic E-state index is 6.08. The molecule has 1 fully saturated rings. The van der Waals surface area contributed by atoms with Crippen LogP contribution in [0.25, 0.3) is 16.8 Å². The van der Waals surface area contributed by atoms with Gasteiger partial charge in [0.2, 0.25) is 0 Å². The van der Waals surface area contributed by atoms with Crippen LogP contribution < -0.4 is 10.6 Å². The average Bonchev–Trinajstić information content (AvgIpc) is 3.13. The molecule has 6 heteroatoms. The predicted octanol–water partition coefficient (Wildman–Crippen LogP) is 2.59. The Morgan fingerprint density at radius 3 is 2.95 bits per heavy atom. The second-order valence-electron chi connectivity index (χ2n) is 5.62. The van der Waals surface area contributed by atoms with Crippen molar-refractivity contribution < 1.29 is 0 Å². The molecular formula is C16H16ClN5. The van der Waals surface area contributed by atoms with Crippen molar-refractivity contribution in [1.82, 2.24) is 14.6 Å². The highest BCUT2D eigenvalue weighted by molar-refractivity contribution is 6.30. The Hall–Kier alpha value is -2.11. The molecule has 0 spiro atoms. The van der Waals surface area contributed by atoms with Crippen molar-refractivity contribution in [2.75, 3.05) is 18.0 Å². The molecule has 4 rings (SSSR count). The molecule has 1 atom stereocenters. The SMILES string of the molecule is NC1CCN(c2nccn3nc(-c4cccc(Cl)c4)cc23)C1. The Morgan fingerprint density at radius 2 is 2.18 bits per heavy atom. The lowest BCUT2D eigenvalue weighted by Gasteiger charge is -2.17. The molecule has 1 saturated heterocycles. The van der Waals surface area contributed by atoms with E-state index in [2.05, 4.69) is 21.0 Å². The van der Waals surface area contributed by atoms with E-state index in [1.165, 1.54) is 0 Å². The summed E-state index contributed by atoms with van der Waals surface area (Å²) in [6.45, 7) is 1.77. The molecule has 5 nitrogen and oxygen atoms in total. The van der Waals surface area contributed by atoms with Crippen LogP contribution in [0, 0.1) is 0 Å². The maximum Gasteiger partial charge on any atom is 0.154 e. The number of nitrogens with zero attached hydrogens (tertiary/aromatic N) is 4. The highest BCUT2D eigenvalue weighted by Gasteiger charge is 2.22. The standard InChI is InChI=1S/C16H16ClN5/c17-12-3-1-2-11(8-12)14-9-15-16(19-5-7-22(15)20-14)21-6-4-13(18)10-21/h1-3,5,7-9,13H,4,6,10,18H2. The Labute approximate surface area is 133 Å². The third-order valence-electron chi connectivity index (χ3n) is 4.01. The number of hydrogen-bond acceptors (Lipinski definition) is 4. The van der Waals surface area contributed by atoms with Gasteiger partial charge >= 0.3 is 0 Å². The van der Waals surface area contributed by atoms with Crippen molar-refractivity contribution in [1.29, 1.82) is 0 Å². The summed E-state index contributed by atoms with van der Waals surface area (Å²) in [6, 6.07) is 9.99. The van der Waals surface area contributed by atoms with E-state index in [1.807, 2.05) is 35.0 Å². The van der Waals surface area contributed by atoms with Crippen LogP contribution in [-0.2, 0) is 0 Å². The van der Waals surface area contributed by atoms with Crippen LogP contribution in [-0.4, -0.2) is 33.7 Å². The molecule has 0 aliphatic carbocycles. The van der Waals surface area contributed by atoms with Gasteiger partial charge in [-0.1, -0.05) is 23.7 Å². The highest BCUT2D eigenvalue weighted by atomic mass is 35.5. The fourth-order valence-electron chi connectivity index (χ4n) is 2.92. The Bertz CT molecular complexity index is 828. The number of hydrogen-bond donors (Lipinski definition) is 1. The van der Waals surface area contributed by atoms with Gasteiger partial charge in [-0.2, -0.15) is 5.10 Å². The van der Waals surface area contributed by atoms with E-state index in [0.29, 0.717) is 5.02 Å². The third kappa shape index (κ3) is 2.32. The van der Waals surface area contributed by atoms with Gasteiger partial charge in [0.25, 0.3) is 0 Å². The number of aromatic nitrogens is 3. The summed E-state index contributed by atoms with van der Waals surface area (Å²) < 4.78 is 1.86. The number of rotatable bonds is 2. The average molecular weight is 314 g/mol. The molecule has 1 unspecified atom stereocenters. The van der Waals surface area contributed by atoms with Gasteiger partial charge in [-0.15, -0.1) is 0 Å². The Kier molecular flexibility index (Phi) is 3.24. The molecule has 2 aromatic heterocycles. The van der Waals surface area contributed by atoms with E-state index in [0.717, 1.165) is 42.1 Å². The van der Waals surface area contributed by atoms with Gasteiger partial charge in [0.05, 0.1) is 5.69 Å². The number of benzene rings is 1. The minimum atomic E-state index is 0.220. The molecule has 0 saturated carbocycles. The predicted molar refractivity (Wildman–Crippen MR) is 88.2 cm³/mol. The molecule has 0 radical (unpaired) electrons. The Balaban J connectivity index is 1.81. The fraction of sp³-hybridized carbons (Fsp3) is 0.250. The molecule has 1 aromatic carbocycles. The summed E-state index contributed by atoms with van der Waals surface area (Å²) in [5.74, 6) is 0.941. The van der Waals surface area contributed by atoms with Crippen molar-refractivity contribution in [3.63, 3.8) is 0 Å². The Morgan fingerprint density at radius 1 is 1.27 bits per heavy atom. The highest BCUT2D eigenvalue weighted by Crippen LogP contribution is 2.27. The van der Waals surface area contributed by atoms with Gasteiger partial charge in [0, 0.05) is 42.1 Å².